The van der Waals surface area contributed by atoms with Crippen LogP contribution in [0.15, 0.2) is 21.6 Å². The number of methoxy groups -OCH3 is 1. The first kappa shape index (κ1) is 18.3. The first-order chi connectivity index (χ1) is 11.0. The van der Waals surface area contributed by atoms with E-state index < -0.39 is 10.0 Å². The van der Waals surface area contributed by atoms with Gasteiger partial charge >= 0.3 is 0 Å². The first-order valence-electron chi connectivity index (χ1n) is 7.62. The molecule has 0 aliphatic heterocycles. The molecule has 7 heteroatoms. The molecule has 2 aromatic rings. The maximum absolute atomic E-state index is 12.8. The van der Waals surface area contributed by atoms with Crippen LogP contribution in [0, 0.1) is 20.8 Å². The molecule has 0 aliphatic carbocycles. The van der Waals surface area contributed by atoms with E-state index in [9.17, 15) is 8.42 Å². The molecule has 132 valence electrons. The second-order valence-corrected chi connectivity index (χ2v) is 8.53. The van der Waals surface area contributed by atoms with Gasteiger partial charge in [-0.15, -0.1) is 0 Å². The van der Waals surface area contributed by atoms with Gasteiger partial charge in [-0.1, -0.05) is 25.9 Å². The molecule has 0 atom stereocenters. The van der Waals surface area contributed by atoms with Crippen molar-refractivity contribution < 1.29 is 17.7 Å². The number of sulfonamides is 1. The van der Waals surface area contributed by atoms with Crippen LogP contribution in [0.2, 0.25) is 0 Å². The summed E-state index contributed by atoms with van der Waals surface area (Å²) in [7, 11) is -2.22. The molecular formula is C17H24N2O4S. The fourth-order valence-electron chi connectivity index (χ4n) is 2.51. The summed E-state index contributed by atoms with van der Waals surface area (Å²) in [6.45, 7) is 11.2. The Hall–Kier alpha value is -2.02. The predicted molar refractivity (Wildman–Crippen MR) is 93.2 cm³/mol. The topological polar surface area (TPSA) is 81.4 Å². The van der Waals surface area contributed by atoms with Crippen LogP contribution in [-0.4, -0.2) is 20.7 Å². The van der Waals surface area contributed by atoms with Crippen LogP contribution in [0.3, 0.4) is 0 Å². The van der Waals surface area contributed by atoms with E-state index in [4.69, 9.17) is 9.26 Å². The van der Waals surface area contributed by atoms with Gasteiger partial charge in [0.15, 0.2) is 5.82 Å². The van der Waals surface area contributed by atoms with E-state index in [0.717, 1.165) is 5.56 Å². The molecule has 0 saturated heterocycles. The maximum atomic E-state index is 12.8. The maximum Gasteiger partial charge on any atom is 0.263 e. The van der Waals surface area contributed by atoms with Crippen LogP contribution >= 0.6 is 0 Å². The number of nitrogens with zero attached hydrogens (tertiary/aromatic N) is 1. The van der Waals surface area contributed by atoms with Crippen molar-refractivity contribution in [2.45, 2.75) is 51.9 Å². The molecule has 0 bridgehead atoms. The molecule has 6 nitrogen and oxygen atoms in total. The van der Waals surface area contributed by atoms with E-state index in [1.165, 1.54) is 0 Å². The summed E-state index contributed by atoms with van der Waals surface area (Å²) < 4.78 is 38.7. The molecule has 0 radical (unpaired) electrons. The molecule has 1 N–H and O–H groups in total. The summed E-state index contributed by atoms with van der Waals surface area (Å²) >= 11 is 0. The third kappa shape index (κ3) is 3.40. The SMILES string of the molecule is COc1cc(C)c(S(=O)(=O)Nc2cc(C(C)(C)C)on2)c(C)c1C. The van der Waals surface area contributed by atoms with Gasteiger partial charge in [-0.25, -0.2) is 8.42 Å². The quantitative estimate of drug-likeness (QED) is 0.907. The monoisotopic (exact) mass is 352 g/mol. The predicted octanol–water partition coefficient (Wildman–Crippen LogP) is 3.71. The van der Waals surface area contributed by atoms with E-state index in [0.29, 0.717) is 22.6 Å². The van der Waals surface area contributed by atoms with Crippen molar-refractivity contribution in [1.82, 2.24) is 5.16 Å². The molecule has 1 aromatic carbocycles. The van der Waals surface area contributed by atoms with Crippen LogP contribution in [0.25, 0.3) is 0 Å². The number of hydrogen-bond acceptors (Lipinski definition) is 5. The zero-order valence-corrected chi connectivity index (χ0v) is 16.0. The van der Waals surface area contributed by atoms with Crippen molar-refractivity contribution in [1.29, 1.82) is 0 Å². The van der Waals surface area contributed by atoms with Gasteiger partial charge in [0.2, 0.25) is 0 Å². The number of aromatic nitrogens is 1. The molecule has 0 saturated carbocycles. The van der Waals surface area contributed by atoms with E-state index in [1.807, 2.05) is 27.7 Å². The van der Waals surface area contributed by atoms with Crippen molar-refractivity contribution in [3.63, 3.8) is 0 Å². The zero-order valence-electron chi connectivity index (χ0n) is 15.1. The Balaban J connectivity index is 2.45. The molecular weight excluding hydrogens is 328 g/mol. The number of ether oxygens (including phenoxy) is 1. The van der Waals surface area contributed by atoms with Gasteiger partial charge in [0, 0.05) is 11.5 Å². The number of hydrogen-bond donors (Lipinski definition) is 1. The summed E-state index contributed by atoms with van der Waals surface area (Å²) in [5.41, 5.74) is 1.80. The smallest absolute Gasteiger partial charge is 0.263 e. The van der Waals surface area contributed by atoms with E-state index in [1.54, 1.807) is 33.1 Å². The van der Waals surface area contributed by atoms with Crippen LogP contribution in [0.4, 0.5) is 5.82 Å². The molecule has 1 heterocycles. The normalized spacial score (nSPS) is 12.3. The molecule has 0 amide bonds. The molecule has 0 aliphatic rings. The van der Waals surface area contributed by atoms with Crippen molar-refractivity contribution in [2.75, 3.05) is 11.8 Å². The Morgan fingerprint density at radius 2 is 1.75 bits per heavy atom. The lowest BCUT2D eigenvalue weighted by Crippen LogP contribution is -2.17. The minimum Gasteiger partial charge on any atom is -0.496 e. The molecule has 0 unspecified atom stereocenters. The summed E-state index contributed by atoms with van der Waals surface area (Å²) in [6.07, 6.45) is 0. The standard InChI is InChI=1S/C17H24N2O4S/c1-10-8-13(22-7)11(2)12(3)16(10)24(20,21)19-15-9-14(23-18-15)17(4,5)6/h8-9H,1-7H3,(H,18,19). The molecule has 2 rings (SSSR count). The lowest BCUT2D eigenvalue weighted by molar-refractivity contribution is 0.331. The highest BCUT2D eigenvalue weighted by atomic mass is 32.2. The first-order valence-corrected chi connectivity index (χ1v) is 9.10. The Morgan fingerprint density at radius 3 is 2.25 bits per heavy atom. The average Bonchev–Trinajstić information content (AvgIpc) is 2.90. The van der Waals surface area contributed by atoms with Gasteiger partial charge < -0.3 is 9.26 Å². The van der Waals surface area contributed by atoms with Crippen molar-refractivity contribution in [2.24, 2.45) is 0 Å². The summed E-state index contributed by atoms with van der Waals surface area (Å²) in [6, 6.07) is 3.33. The zero-order chi connectivity index (χ0) is 18.3. The van der Waals surface area contributed by atoms with Crippen molar-refractivity contribution >= 4 is 15.8 Å². The summed E-state index contributed by atoms with van der Waals surface area (Å²) in [5.74, 6) is 1.45. The van der Waals surface area contributed by atoms with Gasteiger partial charge in [0.1, 0.15) is 11.5 Å². The van der Waals surface area contributed by atoms with Gasteiger partial charge in [-0.05, 0) is 43.5 Å². The largest absolute Gasteiger partial charge is 0.496 e. The highest BCUT2D eigenvalue weighted by Crippen LogP contribution is 2.32. The van der Waals surface area contributed by atoms with Crippen LogP contribution in [0.1, 0.15) is 43.2 Å². The third-order valence-electron chi connectivity index (χ3n) is 3.96. The van der Waals surface area contributed by atoms with E-state index in [2.05, 4.69) is 9.88 Å². The highest BCUT2D eigenvalue weighted by molar-refractivity contribution is 7.92. The molecule has 0 fully saturated rings. The van der Waals surface area contributed by atoms with Gasteiger partial charge in [0.25, 0.3) is 10.0 Å². The summed E-state index contributed by atoms with van der Waals surface area (Å²) in [4.78, 5) is 0.237. The minimum atomic E-state index is -3.78. The summed E-state index contributed by atoms with van der Waals surface area (Å²) in [5, 5.41) is 3.82. The van der Waals surface area contributed by atoms with Crippen LogP contribution < -0.4 is 9.46 Å². The number of anilines is 1. The average molecular weight is 352 g/mol. The second kappa shape index (κ2) is 6.12. The fourth-order valence-corrected chi connectivity index (χ4v) is 4.02. The lowest BCUT2D eigenvalue weighted by Gasteiger charge is -2.16. The van der Waals surface area contributed by atoms with E-state index in [-0.39, 0.29) is 16.1 Å². The highest BCUT2D eigenvalue weighted by Gasteiger charge is 2.26. The lowest BCUT2D eigenvalue weighted by atomic mass is 9.93. The van der Waals surface area contributed by atoms with Gasteiger partial charge in [-0.3, -0.25) is 4.72 Å². The molecule has 1 aromatic heterocycles. The molecule has 24 heavy (non-hydrogen) atoms. The van der Waals surface area contributed by atoms with Crippen molar-refractivity contribution in [3.8, 4) is 5.75 Å². The number of nitrogens with one attached hydrogen (secondary N) is 1. The van der Waals surface area contributed by atoms with E-state index >= 15 is 0 Å². The van der Waals surface area contributed by atoms with Crippen LogP contribution in [0.5, 0.6) is 5.75 Å². The Labute approximate surface area is 143 Å². The van der Waals surface area contributed by atoms with Gasteiger partial charge in [-0.2, -0.15) is 0 Å². The number of rotatable bonds is 4. The Kier molecular flexibility index (Phi) is 4.68. The third-order valence-corrected chi connectivity index (χ3v) is 5.60. The number of benzene rings is 1. The minimum absolute atomic E-state index is 0.173. The Bertz CT molecular complexity index is 861. The van der Waals surface area contributed by atoms with Crippen LogP contribution in [-0.2, 0) is 15.4 Å². The second-order valence-electron chi connectivity index (χ2n) is 6.91. The van der Waals surface area contributed by atoms with Crippen molar-refractivity contribution in [3.05, 3.63) is 34.6 Å². The fraction of sp³-hybridized carbons (Fsp3) is 0.471. The molecule has 0 spiro atoms. The Morgan fingerprint density at radius 1 is 1.12 bits per heavy atom. The number of aryl methyl sites for hydroxylation is 1. The van der Waals surface area contributed by atoms with Gasteiger partial charge in [0.05, 0.1) is 12.0 Å².